The fourth-order valence-electron chi connectivity index (χ4n) is 3.34. The highest BCUT2D eigenvalue weighted by Gasteiger charge is 2.31. The van der Waals surface area contributed by atoms with Crippen molar-refractivity contribution in [3.63, 3.8) is 0 Å². The van der Waals surface area contributed by atoms with Gasteiger partial charge >= 0.3 is 0 Å². The second-order valence-corrected chi connectivity index (χ2v) is 6.56. The van der Waals surface area contributed by atoms with E-state index in [0.717, 1.165) is 18.7 Å². The molecule has 2 aromatic rings. The van der Waals surface area contributed by atoms with Crippen molar-refractivity contribution in [2.24, 2.45) is 12.8 Å². The summed E-state index contributed by atoms with van der Waals surface area (Å²) in [6, 6.07) is 2.95. The van der Waals surface area contributed by atoms with Crippen LogP contribution in [-0.2, 0) is 13.5 Å². The predicted octanol–water partition coefficient (Wildman–Crippen LogP) is 2.41. The topological polar surface area (TPSA) is 47.1 Å². The molecule has 5 heteroatoms. The minimum Gasteiger partial charge on any atom is -0.329 e. The Kier molecular flexibility index (Phi) is 3.67. The molecule has 3 rings (SSSR count). The molecule has 2 N–H and O–H groups in total. The molecular weight excluding hydrogens is 268 g/mol. The van der Waals surface area contributed by atoms with Crippen molar-refractivity contribution in [1.82, 2.24) is 14.7 Å². The Balaban J connectivity index is 1.93. The van der Waals surface area contributed by atoms with Crippen LogP contribution in [0, 0.1) is 6.92 Å². The maximum atomic E-state index is 6.10. The Hall–Kier alpha value is -1.17. The van der Waals surface area contributed by atoms with E-state index in [0.29, 0.717) is 12.6 Å². The van der Waals surface area contributed by atoms with Gasteiger partial charge in [0.1, 0.15) is 0 Å². The molecule has 0 aromatic carbocycles. The summed E-state index contributed by atoms with van der Waals surface area (Å²) < 4.78 is 1.89. The molecule has 108 valence electrons. The lowest BCUT2D eigenvalue weighted by molar-refractivity contribution is 0.138. The van der Waals surface area contributed by atoms with E-state index in [1.807, 2.05) is 23.1 Å². The van der Waals surface area contributed by atoms with Gasteiger partial charge in [-0.25, -0.2) is 0 Å². The molecule has 0 saturated carbocycles. The summed E-state index contributed by atoms with van der Waals surface area (Å²) in [6.07, 6.45) is 3.25. The van der Waals surface area contributed by atoms with Crippen LogP contribution in [0.3, 0.4) is 0 Å². The molecule has 0 amide bonds. The fourth-order valence-corrected chi connectivity index (χ4v) is 4.30. The van der Waals surface area contributed by atoms with Crippen LogP contribution < -0.4 is 5.73 Å². The summed E-state index contributed by atoms with van der Waals surface area (Å²) in [7, 11) is 1.97. The number of fused-ring (bicyclic) bond motifs is 1. The number of rotatable bonds is 3. The number of aryl methyl sites for hydroxylation is 2. The number of nitrogens with zero attached hydrogens (tertiary/aromatic N) is 3. The van der Waals surface area contributed by atoms with Crippen molar-refractivity contribution in [2.45, 2.75) is 32.4 Å². The van der Waals surface area contributed by atoms with Gasteiger partial charge < -0.3 is 5.73 Å². The second kappa shape index (κ2) is 5.31. The van der Waals surface area contributed by atoms with Gasteiger partial charge in [-0.3, -0.25) is 9.58 Å². The smallest absolute Gasteiger partial charge is 0.0641 e. The van der Waals surface area contributed by atoms with Gasteiger partial charge in [0.2, 0.25) is 0 Å². The quantitative estimate of drug-likeness (QED) is 0.944. The lowest BCUT2D eigenvalue weighted by atomic mass is 9.96. The predicted molar refractivity (Wildman–Crippen MR) is 82.9 cm³/mol. The van der Waals surface area contributed by atoms with Crippen molar-refractivity contribution in [1.29, 1.82) is 0 Å². The van der Waals surface area contributed by atoms with Crippen LogP contribution in [0.1, 0.15) is 40.7 Å². The van der Waals surface area contributed by atoms with Gasteiger partial charge in [0.15, 0.2) is 0 Å². The molecule has 2 atom stereocenters. The van der Waals surface area contributed by atoms with Crippen molar-refractivity contribution < 1.29 is 0 Å². The van der Waals surface area contributed by atoms with Crippen molar-refractivity contribution in [3.8, 4) is 0 Å². The van der Waals surface area contributed by atoms with Gasteiger partial charge in [-0.1, -0.05) is 0 Å². The molecule has 2 unspecified atom stereocenters. The standard InChI is InChI=1S/C15H22N4S/c1-10-13(9-18(3)17-10)14(8-16)19-6-4-15-12(11(19)2)5-7-20-15/h5,7,9,11,14H,4,6,8,16H2,1-3H3. The number of aromatic nitrogens is 2. The first-order chi connectivity index (χ1) is 9.61. The zero-order valence-electron chi connectivity index (χ0n) is 12.3. The molecule has 0 spiro atoms. The second-order valence-electron chi connectivity index (χ2n) is 5.56. The fraction of sp³-hybridized carbons (Fsp3) is 0.533. The Morgan fingerprint density at radius 2 is 2.35 bits per heavy atom. The lowest BCUT2D eigenvalue weighted by Crippen LogP contribution is -2.39. The van der Waals surface area contributed by atoms with Gasteiger partial charge in [0.05, 0.1) is 11.7 Å². The van der Waals surface area contributed by atoms with E-state index >= 15 is 0 Å². The van der Waals surface area contributed by atoms with Gasteiger partial charge in [-0.15, -0.1) is 11.3 Å². The monoisotopic (exact) mass is 290 g/mol. The summed E-state index contributed by atoms with van der Waals surface area (Å²) in [4.78, 5) is 4.06. The maximum Gasteiger partial charge on any atom is 0.0641 e. The molecular formula is C15H22N4S. The Labute approximate surface area is 124 Å². The molecule has 0 aliphatic carbocycles. The SMILES string of the molecule is Cc1nn(C)cc1C(CN)N1CCc2sccc2C1C. The van der Waals surface area contributed by atoms with Crippen LogP contribution in [-0.4, -0.2) is 27.8 Å². The molecule has 2 aromatic heterocycles. The zero-order valence-corrected chi connectivity index (χ0v) is 13.2. The van der Waals surface area contributed by atoms with E-state index in [1.54, 1.807) is 0 Å². The third-order valence-electron chi connectivity index (χ3n) is 4.36. The van der Waals surface area contributed by atoms with E-state index in [4.69, 9.17) is 5.73 Å². The average molecular weight is 290 g/mol. The van der Waals surface area contributed by atoms with E-state index in [-0.39, 0.29) is 6.04 Å². The number of hydrogen-bond donors (Lipinski definition) is 1. The number of nitrogens with two attached hydrogens (primary N) is 1. The number of thiophene rings is 1. The molecule has 20 heavy (non-hydrogen) atoms. The van der Waals surface area contributed by atoms with E-state index in [9.17, 15) is 0 Å². The van der Waals surface area contributed by atoms with Crippen LogP contribution in [0.2, 0.25) is 0 Å². The highest BCUT2D eigenvalue weighted by Crippen LogP contribution is 2.38. The molecule has 3 heterocycles. The summed E-state index contributed by atoms with van der Waals surface area (Å²) >= 11 is 1.88. The summed E-state index contributed by atoms with van der Waals surface area (Å²) in [6.45, 7) is 6.07. The molecule has 0 fully saturated rings. The van der Waals surface area contributed by atoms with Crippen LogP contribution >= 0.6 is 11.3 Å². The van der Waals surface area contributed by atoms with Gasteiger partial charge in [0, 0.05) is 42.8 Å². The van der Waals surface area contributed by atoms with Gasteiger partial charge in [-0.05, 0) is 37.3 Å². The minimum atomic E-state index is 0.256. The summed E-state index contributed by atoms with van der Waals surface area (Å²) in [5.74, 6) is 0. The van der Waals surface area contributed by atoms with Gasteiger partial charge in [-0.2, -0.15) is 5.10 Å². The van der Waals surface area contributed by atoms with E-state index < -0.39 is 0 Å². The average Bonchev–Trinajstić information content (AvgIpc) is 3.00. The Morgan fingerprint density at radius 3 is 3.00 bits per heavy atom. The first-order valence-corrected chi connectivity index (χ1v) is 8.02. The Morgan fingerprint density at radius 1 is 1.55 bits per heavy atom. The minimum absolute atomic E-state index is 0.256. The summed E-state index contributed by atoms with van der Waals surface area (Å²) in [5, 5.41) is 6.68. The molecule has 0 bridgehead atoms. The first-order valence-electron chi connectivity index (χ1n) is 7.14. The largest absolute Gasteiger partial charge is 0.329 e. The third kappa shape index (κ3) is 2.20. The van der Waals surface area contributed by atoms with Crippen LogP contribution in [0.5, 0.6) is 0 Å². The Bertz CT molecular complexity index is 601. The van der Waals surface area contributed by atoms with Crippen LogP contribution in [0.4, 0.5) is 0 Å². The highest BCUT2D eigenvalue weighted by molar-refractivity contribution is 7.10. The van der Waals surface area contributed by atoms with Crippen LogP contribution in [0.25, 0.3) is 0 Å². The summed E-state index contributed by atoms with van der Waals surface area (Å²) in [5.41, 5.74) is 9.92. The molecule has 1 aliphatic heterocycles. The van der Waals surface area contributed by atoms with Crippen molar-refractivity contribution in [2.75, 3.05) is 13.1 Å². The van der Waals surface area contributed by atoms with Crippen molar-refractivity contribution >= 4 is 11.3 Å². The molecule has 0 saturated heterocycles. The van der Waals surface area contributed by atoms with Crippen LogP contribution in [0.15, 0.2) is 17.6 Å². The first kappa shape index (κ1) is 13.8. The highest BCUT2D eigenvalue weighted by atomic mass is 32.1. The number of hydrogen-bond acceptors (Lipinski definition) is 4. The van der Waals surface area contributed by atoms with E-state index in [1.165, 1.54) is 16.0 Å². The maximum absolute atomic E-state index is 6.10. The molecule has 1 aliphatic rings. The normalized spacial score (nSPS) is 20.9. The van der Waals surface area contributed by atoms with Gasteiger partial charge in [0.25, 0.3) is 0 Å². The zero-order chi connectivity index (χ0) is 14.3. The lowest BCUT2D eigenvalue weighted by Gasteiger charge is -2.39. The van der Waals surface area contributed by atoms with Crippen molar-refractivity contribution in [3.05, 3.63) is 39.3 Å². The molecule has 0 radical (unpaired) electrons. The third-order valence-corrected chi connectivity index (χ3v) is 5.36. The van der Waals surface area contributed by atoms with E-state index in [2.05, 4.69) is 41.5 Å². The molecule has 4 nitrogen and oxygen atoms in total.